The monoisotopic (exact) mass is 312 g/mol. The zero-order valence-corrected chi connectivity index (χ0v) is 13.2. The lowest BCUT2D eigenvalue weighted by Crippen LogP contribution is -2.56. The number of benzene rings is 1. The largest absolute Gasteiger partial charge is 0.454 e. The zero-order chi connectivity index (χ0) is 15.2. The molecule has 0 saturated carbocycles. The van der Waals surface area contributed by atoms with Crippen LogP contribution < -0.4 is 14.8 Å². The predicted octanol–water partition coefficient (Wildman–Crippen LogP) is 1.09. The van der Waals surface area contributed by atoms with Crippen LogP contribution in [-0.4, -0.2) is 44.7 Å². The Balaban J connectivity index is 2.02. The number of fused-ring (bicyclic) bond motifs is 1. The van der Waals surface area contributed by atoms with E-state index >= 15 is 0 Å². The lowest BCUT2D eigenvalue weighted by molar-refractivity contribution is 0.174. The third kappa shape index (κ3) is 2.49. The summed E-state index contributed by atoms with van der Waals surface area (Å²) in [5.41, 5.74) is 0.678. The van der Waals surface area contributed by atoms with Crippen LogP contribution in [0.4, 0.5) is 0 Å². The van der Waals surface area contributed by atoms with Gasteiger partial charge < -0.3 is 14.8 Å². The van der Waals surface area contributed by atoms with Gasteiger partial charge in [0.2, 0.25) is 16.8 Å². The second-order valence-corrected chi connectivity index (χ2v) is 7.56. The molecule has 2 heterocycles. The van der Waals surface area contributed by atoms with Gasteiger partial charge in [0.15, 0.2) is 11.5 Å². The Morgan fingerprint density at radius 3 is 2.62 bits per heavy atom. The molecule has 1 saturated heterocycles. The van der Waals surface area contributed by atoms with Crippen LogP contribution >= 0.6 is 0 Å². The third-order valence-electron chi connectivity index (χ3n) is 3.96. The van der Waals surface area contributed by atoms with Crippen molar-refractivity contribution in [3.8, 4) is 11.5 Å². The van der Waals surface area contributed by atoms with Crippen molar-refractivity contribution < 1.29 is 17.9 Å². The van der Waals surface area contributed by atoms with E-state index in [0.717, 1.165) is 0 Å². The van der Waals surface area contributed by atoms with E-state index in [2.05, 4.69) is 5.32 Å². The van der Waals surface area contributed by atoms with Crippen LogP contribution in [0.5, 0.6) is 11.5 Å². The number of hydrogen-bond donors (Lipinski definition) is 1. The molecule has 0 amide bonds. The summed E-state index contributed by atoms with van der Waals surface area (Å²) in [5.74, 6) is 1.10. The molecular formula is C14H20N2O4S. The molecule has 116 valence electrons. The van der Waals surface area contributed by atoms with Gasteiger partial charge in [-0.25, -0.2) is 8.42 Å². The Bertz CT molecular complexity index is 659. The summed E-state index contributed by atoms with van der Waals surface area (Å²) in [6.45, 7) is 6.95. The van der Waals surface area contributed by atoms with Crippen molar-refractivity contribution in [3.63, 3.8) is 0 Å². The van der Waals surface area contributed by atoms with Crippen LogP contribution in [0, 0.1) is 6.92 Å². The topological polar surface area (TPSA) is 67.9 Å². The van der Waals surface area contributed by atoms with E-state index in [9.17, 15) is 8.42 Å². The summed E-state index contributed by atoms with van der Waals surface area (Å²) in [7, 11) is -3.54. The number of rotatable bonds is 2. The molecule has 21 heavy (non-hydrogen) atoms. The fourth-order valence-electron chi connectivity index (χ4n) is 2.75. The molecule has 0 radical (unpaired) electrons. The smallest absolute Gasteiger partial charge is 0.243 e. The van der Waals surface area contributed by atoms with Crippen LogP contribution in [0.2, 0.25) is 0 Å². The molecule has 1 aromatic rings. The maximum atomic E-state index is 13.0. The first kappa shape index (κ1) is 14.6. The second kappa shape index (κ2) is 5.15. The molecule has 7 heteroatoms. The van der Waals surface area contributed by atoms with Crippen molar-refractivity contribution in [1.82, 2.24) is 9.62 Å². The molecule has 6 nitrogen and oxygen atoms in total. The van der Waals surface area contributed by atoms with Gasteiger partial charge >= 0.3 is 0 Å². The molecular weight excluding hydrogens is 292 g/mol. The number of hydrogen-bond acceptors (Lipinski definition) is 5. The van der Waals surface area contributed by atoms with E-state index in [1.165, 1.54) is 0 Å². The zero-order valence-electron chi connectivity index (χ0n) is 12.4. The SMILES string of the molecule is Cc1cc2c(cc1S(=O)(=O)N1CC(C)NCC1C)OCO2. The quantitative estimate of drug-likeness (QED) is 0.885. The normalized spacial score (nSPS) is 26.0. The summed E-state index contributed by atoms with van der Waals surface area (Å²) in [6.07, 6.45) is 0. The number of aryl methyl sites for hydroxylation is 1. The van der Waals surface area contributed by atoms with Gasteiger partial charge in [-0.2, -0.15) is 4.31 Å². The molecule has 3 rings (SSSR count). The highest BCUT2D eigenvalue weighted by atomic mass is 32.2. The molecule has 2 aliphatic rings. The number of nitrogens with zero attached hydrogens (tertiary/aromatic N) is 1. The molecule has 2 aliphatic heterocycles. The maximum absolute atomic E-state index is 13.0. The van der Waals surface area contributed by atoms with Crippen LogP contribution in [0.1, 0.15) is 19.4 Å². The van der Waals surface area contributed by atoms with Crippen molar-refractivity contribution in [3.05, 3.63) is 17.7 Å². The molecule has 0 aromatic heterocycles. The Hall–Kier alpha value is -1.31. The molecule has 2 atom stereocenters. The molecule has 2 unspecified atom stereocenters. The van der Waals surface area contributed by atoms with Gasteiger partial charge in [0.05, 0.1) is 4.90 Å². The van der Waals surface area contributed by atoms with Crippen molar-refractivity contribution >= 4 is 10.0 Å². The van der Waals surface area contributed by atoms with Gasteiger partial charge in [-0.05, 0) is 32.4 Å². The Labute approximate surface area is 125 Å². The fourth-order valence-corrected chi connectivity index (χ4v) is 4.69. The van der Waals surface area contributed by atoms with Crippen LogP contribution in [0.15, 0.2) is 17.0 Å². The third-order valence-corrected chi connectivity index (χ3v) is 6.09. The number of sulfonamides is 1. The lowest BCUT2D eigenvalue weighted by Gasteiger charge is -2.36. The Kier molecular flexibility index (Phi) is 3.59. The number of nitrogens with one attached hydrogen (secondary N) is 1. The molecule has 1 fully saturated rings. The lowest BCUT2D eigenvalue weighted by atomic mass is 10.2. The van der Waals surface area contributed by atoms with Crippen molar-refractivity contribution in [2.75, 3.05) is 19.9 Å². The van der Waals surface area contributed by atoms with Crippen LogP contribution in [-0.2, 0) is 10.0 Å². The second-order valence-electron chi connectivity index (χ2n) is 5.70. The van der Waals surface area contributed by atoms with Crippen LogP contribution in [0.25, 0.3) is 0 Å². The Morgan fingerprint density at radius 1 is 1.24 bits per heavy atom. The summed E-state index contributed by atoms with van der Waals surface area (Å²) in [5, 5.41) is 3.29. The first-order chi connectivity index (χ1) is 9.89. The van der Waals surface area contributed by atoms with E-state index in [4.69, 9.17) is 9.47 Å². The predicted molar refractivity (Wildman–Crippen MR) is 78.1 cm³/mol. The highest BCUT2D eigenvalue weighted by Crippen LogP contribution is 2.37. The van der Waals surface area contributed by atoms with E-state index < -0.39 is 10.0 Å². The average molecular weight is 312 g/mol. The maximum Gasteiger partial charge on any atom is 0.243 e. The number of piperazine rings is 1. The highest BCUT2D eigenvalue weighted by molar-refractivity contribution is 7.89. The van der Waals surface area contributed by atoms with Crippen molar-refractivity contribution in [1.29, 1.82) is 0 Å². The van der Waals surface area contributed by atoms with Gasteiger partial charge in [-0.3, -0.25) is 0 Å². The fraction of sp³-hybridized carbons (Fsp3) is 0.571. The molecule has 0 spiro atoms. The van der Waals surface area contributed by atoms with Gasteiger partial charge in [-0.1, -0.05) is 0 Å². The van der Waals surface area contributed by atoms with Gasteiger partial charge in [-0.15, -0.1) is 0 Å². The number of ether oxygens (including phenoxy) is 2. The first-order valence-electron chi connectivity index (χ1n) is 7.05. The minimum Gasteiger partial charge on any atom is -0.454 e. The van der Waals surface area contributed by atoms with E-state index in [1.54, 1.807) is 23.4 Å². The molecule has 1 aromatic carbocycles. The minimum absolute atomic E-state index is 0.0731. The highest BCUT2D eigenvalue weighted by Gasteiger charge is 2.35. The van der Waals surface area contributed by atoms with Gasteiger partial charge in [0, 0.05) is 31.2 Å². The molecule has 0 aliphatic carbocycles. The standard InChI is InChI=1S/C14H20N2O4S/c1-9-4-12-13(20-8-19-12)5-14(9)21(17,18)16-7-10(2)15-6-11(16)3/h4-5,10-11,15H,6-8H2,1-3H3. The van der Waals surface area contributed by atoms with Crippen molar-refractivity contribution in [2.24, 2.45) is 0 Å². The molecule has 0 bridgehead atoms. The minimum atomic E-state index is -3.54. The Morgan fingerprint density at radius 2 is 1.90 bits per heavy atom. The van der Waals surface area contributed by atoms with E-state index in [-0.39, 0.29) is 18.9 Å². The summed E-state index contributed by atoms with van der Waals surface area (Å²) in [4.78, 5) is 0.299. The first-order valence-corrected chi connectivity index (χ1v) is 8.49. The van der Waals surface area contributed by atoms with Crippen molar-refractivity contribution in [2.45, 2.75) is 37.8 Å². The van der Waals surface area contributed by atoms with Gasteiger partial charge in [0.25, 0.3) is 0 Å². The van der Waals surface area contributed by atoms with E-state index in [0.29, 0.717) is 35.0 Å². The van der Waals surface area contributed by atoms with Gasteiger partial charge in [0.1, 0.15) is 0 Å². The summed E-state index contributed by atoms with van der Waals surface area (Å²) in [6, 6.07) is 3.37. The average Bonchev–Trinajstić information content (AvgIpc) is 2.87. The summed E-state index contributed by atoms with van der Waals surface area (Å²) < 4.78 is 38.1. The van der Waals surface area contributed by atoms with Crippen LogP contribution in [0.3, 0.4) is 0 Å². The summed E-state index contributed by atoms with van der Waals surface area (Å²) >= 11 is 0. The molecule has 1 N–H and O–H groups in total. The van der Waals surface area contributed by atoms with E-state index in [1.807, 2.05) is 13.8 Å².